The first kappa shape index (κ1) is 22.7. The number of para-hydroxylation sites is 1. The average molecular weight is 450 g/mol. The lowest BCUT2D eigenvalue weighted by molar-refractivity contribution is -0.150. The second kappa shape index (κ2) is 9.47. The van der Waals surface area contributed by atoms with Gasteiger partial charge in [0.1, 0.15) is 12.1 Å². The molecule has 31 heavy (non-hydrogen) atoms. The van der Waals surface area contributed by atoms with E-state index in [2.05, 4.69) is 0 Å². The van der Waals surface area contributed by atoms with E-state index in [1.165, 1.54) is 36.3 Å². The summed E-state index contributed by atoms with van der Waals surface area (Å²) in [4.78, 5) is 26.6. The van der Waals surface area contributed by atoms with Gasteiger partial charge in [-0.3, -0.25) is 4.79 Å². The van der Waals surface area contributed by atoms with Gasteiger partial charge < -0.3 is 14.4 Å². The number of amides is 1. The number of hydrogen-bond acceptors (Lipinski definition) is 6. The third-order valence-corrected chi connectivity index (χ3v) is 6.29. The van der Waals surface area contributed by atoms with E-state index < -0.39 is 33.8 Å². The van der Waals surface area contributed by atoms with Gasteiger partial charge in [0.25, 0.3) is 0 Å². The van der Waals surface area contributed by atoms with E-state index in [4.69, 9.17) is 9.47 Å². The molecular weight excluding hydrogens is 425 g/mol. The highest BCUT2D eigenvalue weighted by atomic mass is 32.2. The van der Waals surface area contributed by atoms with Crippen LogP contribution in [0.4, 0.5) is 4.39 Å². The van der Waals surface area contributed by atoms with Gasteiger partial charge >= 0.3 is 5.97 Å². The summed E-state index contributed by atoms with van der Waals surface area (Å²) in [7, 11) is -2.04. The molecule has 1 aliphatic heterocycles. The summed E-state index contributed by atoms with van der Waals surface area (Å²) in [6.45, 7) is 0.139. The average Bonchev–Trinajstić information content (AvgIpc) is 3.17. The zero-order valence-electron chi connectivity index (χ0n) is 17.3. The van der Waals surface area contributed by atoms with Crippen molar-refractivity contribution in [1.82, 2.24) is 4.90 Å². The van der Waals surface area contributed by atoms with Crippen LogP contribution in [0.1, 0.15) is 18.4 Å². The number of likely N-dealkylation sites (tertiary alicyclic amines) is 1. The van der Waals surface area contributed by atoms with Gasteiger partial charge in [-0.25, -0.2) is 17.6 Å². The first-order valence-electron chi connectivity index (χ1n) is 9.76. The highest BCUT2D eigenvalue weighted by molar-refractivity contribution is 7.90. The molecule has 0 spiro atoms. The normalized spacial score (nSPS) is 18.6. The van der Waals surface area contributed by atoms with Gasteiger partial charge in [0.05, 0.1) is 18.6 Å². The minimum Gasteiger partial charge on any atom is -0.485 e. The molecule has 0 saturated carbocycles. The van der Waals surface area contributed by atoms with Crippen molar-refractivity contribution in [3.63, 3.8) is 0 Å². The van der Waals surface area contributed by atoms with E-state index in [1.54, 1.807) is 24.3 Å². The van der Waals surface area contributed by atoms with Gasteiger partial charge in [-0.15, -0.1) is 0 Å². The third kappa shape index (κ3) is 5.61. The number of sulfone groups is 1. The van der Waals surface area contributed by atoms with Gasteiger partial charge in [0, 0.05) is 19.1 Å². The van der Waals surface area contributed by atoms with Crippen LogP contribution < -0.4 is 4.74 Å². The van der Waals surface area contributed by atoms with Crippen LogP contribution in [0.5, 0.6) is 5.75 Å². The molecule has 0 radical (unpaired) electrons. The molecule has 1 saturated heterocycles. The zero-order chi connectivity index (χ0) is 22.6. The van der Waals surface area contributed by atoms with E-state index in [0.29, 0.717) is 6.42 Å². The van der Waals surface area contributed by atoms with Crippen molar-refractivity contribution in [2.24, 2.45) is 0 Å². The molecule has 1 aliphatic rings. The molecule has 0 N–H and O–H groups in total. The van der Waals surface area contributed by atoms with Crippen molar-refractivity contribution in [3.8, 4) is 5.75 Å². The monoisotopic (exact) mass is 449 g/mol. The van der Waals surface area contributed by atoms with Crippen molar-refractivity contribution >= 4 is 21.7 Å². The van der Waals surface area contributed by atoms with E-state index in [1.807, 2.05) is 0 Å². The van der Waals surface area contributed by atoms with Gasteiger partial charge in [-0.1, -0.05) is 24.3 Å². The number of rotatable bonds is 7. The van der Waals surface area contributed by atoms with Crippen LogP contribution in [0.15, 0.2) is 53.4 Å². The second-order valence-electron chi connectivity index (χ2n) is 7.41. The number of esters is 1. The summed E-state index contributed by atoms with van der Waals surface area (Å²) < 4.78 is 47.5. The lowest BCUT2D eigenvalue weighted by Crippen LogP contribution is -2.41. The van der Waals surface area contributed by atoms with Gasteiger partial charge in [-0.05, 0) is 36.2 Å². The number of nitrogens with zero attached hydrogens (tertiary/aromatic N) is 1. The van der Waals surface area contributed by atoms with Crippen LogP contribution in [-0.4, -0.2) is 57.3 Å². The Hall–Kier alpha value is -2.94. The van der Waals surface area contributed by atoms with Crippen molar-refractivity contribution in [2.45, 2.75) is 36.3 Å². The van der Waals surface area contributed by atoms with E-state index in [-0.39, 0.29) is 35.9 Å². The molecule has 3 rings (SSSR count). The fourth-order valence-corrected chi connectivity index (χ4v) is 4.17. The molecule has 2 aromatic rings. The Bertz CT molecular complexity index is 1050. The lowest BCUT2D eigenvalue weighted by Gasteiger charge is -2.22. The Morgan fingerprint density at radius 3 is 2.42 bits per heavy atom. The van der Waals surface area contributed by atoms with Crippen LogP contribution in [0.25, 0.3) is 0 Å². The smallest absolute Gasteiger partial charge is 0.328 e. The van der Waals surface area contributed by atoms with E-state index in [0.717, 1.165) is 11.8 Å². The molecule has 2 atom stereocenters. The summed E-state index contributed by atoms with van der Waals surface area (Å²) in [6, 6.07) is 11.5. The molecule has 166 valence electrons. The minimum absolute atomic E-state index is 0.0661. The topological polar surface area (TPSA) is 90.0 Å². The number of methoxy groups -OCH3 is 1. The minimum atomic E-state index is -3.29. The quantitative estimate of drug-likeness (QED) is 0.603. The number of benzene rings is 2. The van der Waals surface area contributed by atoms with Crippen molar-refractivity contribution in [3.05, 3.63) is 59.9 Å². The largest absolute Gasteiger partial charge is 0.485 e. The Balaban J connectivity index is 1.66. The van der Waals surface area contributed by atoms with Crippen LogP contribution >= 0.6 is 0 Å². The van der Waals surface area contributed by atoms with E-state index >= 15 is 0 Å². The standard InChI is InChI=1S/C22H24FNO6S/c1-29-22(26)19-13-16(30-20-6-4-3-5-18(20)23)14-24(19)21(25)12-9-15-7-10-17(11-8-15)31(2,27)28/h3-8,10-11,16,19H,9,12-14H2,1-2H3/t16-,19-/m0/s1. The fraction of sp³-hybridized carbons (Fsp3) is 0.364. The fourth-order valence-electron chi connectivity index (χ4n) is 3.54. The third-order valence-electron chi connectivity index (χ3n) is 5.17. The molecule has 0 unspecified atom stereocenters. The Labute approximate surface area is 180 Å². The van der Waals surface area contributed by atoms with Crippen LogP contribution in [0.3, 0.4) is 0 Å². The Morgan fingerprint density at radius 2 is 1.81 bits per heavy atom. The first-order valence-corrected chi connectivity index (χ1v) is 11.7. The molecule has 1 fully saturated rings. The SMILES string of the molecule is COC(=O)[C@@H]1C[C@H](Oc2ccccc2F)CN1C(=O)CCc1ccc(S(C)(=O)=O)cc1. The summed E-state index contributed by atoms with van der Waals surface area (Å²) in [5, 5.41) is 0. The van der Waals surface area contributed by atoms with Crippen molar-refractivity contribution in [2.75, 3.05) is 19.9 Å². The zero-order valence-corrected chi connectivity index (χ0v) is 18.1. The molecule has 1 heterocycles. The van der Waals surface area contributed by atoms with Crippen LogP contribution in [0.2, 0.25) is 0 Å². The summed E-state index contributed by atoms with van der Waals surface area (Å²) in [5.74, 6) is -1.26. The Kier molecular flexibility index (Phi) is 6.94. The number of aryl methyl sites for hydroxylation is 1. The van der Waals surface area contributed by atoms with Crippen molar-refractivity contribution in [1.29, 1.82) is 0 Å². The highest BCUT2D eigenvalue weighted by Gasteiger charge is 2.41. The first-order chi connectivity index (χ1) is 14.7. The molecule has 9 heteroatoms. The number of hydrogen-bond donors (Lipinski definition) is 0. The number of carbonyl (C=O) groups excluding carboxylic acids is 2. The van der Waals surface area contributed by atoms with Crippen molar-refractivity contribution < 1.29 is 31.9 Å². The summed E-state index contributed by atoms with van der Waals surface area (Å²) in [5.41, 5.74) is 0.800. The molecule has 0 aliphatic carbocycles. The maximum atomic E-state index is 13.9. The van der Waals surface area contributed by atoms with Crippen LogP contribution in [-0.2, 0) is 30.6 Å². The van der Waals surface area contributed by atoms with Gasteiger partial charge in [-0.2, -0.15) is 0 Å². The molecule has 0 bridgehead atoms. The maximum absolute atomic E-state index is 13.9. The van der Waals surface area contributed by atoms with E-state index in [9.17, 15) is 22.4 Å². The molecule has 1 amide bonds. The molecule has 2 aromatic carbocycles. The molecule has 7 nitrogen and oxygen atoms in total. The number of halogens is 1. The predicted molar refractivity (Wildman–Crippen MR) is 111 cm³/mol. The Morgan fingerprint density at radius 1 is 1.13 bits per heavy atom. The summed E-state index contributed by atoms with van der Waals surface area (Å²) in [6.07, 6.45) is 1.30. The van der Waals surface area contributed by atoms with Gasteiger partial charge in [0.2, 0.25) is 5.91 Å². The highest BCUT2D eigenvalue weighted by Crippen LogP contribution is 2.26. The number of carbonyl (C=O) groups is 2. The van der Waals surface area contributed by atoms with Gasteiger partial charge in [0.15, 0.2) is 21.4 Å². The summed E-state index contributed by atoms with van der Waals surface area (Å²) >= 11 is 0. The predicted octanol–water partition coefficient (Wildman–Crippen LogP) is 2.38. The molecule has 0 aromatic heterocycles. The molecular formula is C22H24FNO6S. The lowest BCUT2D eigenvalue weighted by atomic mass is 10.1. The maximum Gasteiger partial charge on any atom is 0.328 e. The second-order valence-corrected chi connectivity index (χ2v) is 9.42. The number of ether oxygens (including phenoxy) is 2. The van der Waals surface area contributed by atoms with Crippen LogP contribution in [0, 0.1) is 5.82 Å².